The number of carbonyl (C=O) groups excluding carboxylic acids is 2. The number of carboxylic acid groups (broad SMARTS) is 1. The molecule has 5 atom stereocenters. The lowest BCUT2D eigenvalue weighted by Crippen LogP contribution is -2.54. The smallest absolute Gasteiger partial charge is 0.309 e. The Hall–Kier alpha value is 0.850. The number of allylic oxidation sites excluding steroid dienone is 2. The first-order valence-electron chi connectivity index (χ1n) is 7.54. The van der Waals surface area contributed by atoms with Gasteiger partial charge in [0.2, 0.25) is 11.8 Å². The molecule has 0 aromatic rings. The number of hydrazine groups is 1. The normalized spacial score (nSPS) is 42.3. The first-order chi connectivity index (χ1) is 12.5. The predicted octanol–water partition coefficient (Wildman–Crippen LogP) is 4.19. The van der Waals surface area contributed by atoms with E-state index in [1.54, 1.807) is 6.92 Å². The molecule has 0 aromatic heterocycles. The third-order valence-electron chi connectivity index (χ3n) is 5.54. The third kappa shape index (κ3) is 2.61. The topological polar surface area (TPSA) is 95.5 Å². The first kappa shape index (κ1) is 23.5. The molecule has 0 unspecified atom stereocenters. The molecule has 2 amide bonds. The number of carboxylic acids is 1. The summed E-state index contributed by atoms with van der Waals surface area (Å²) in [5.74, 6) is -6.34. The molecular formula is C14H10Br2Cl6N2O4. The highest BCUT2D eigenvalue weighted by atomic mass is 79.9. The van der Waals surface area contributed by atoms with Crippen molar-refractivity contribution in [2.24, 2.45) is 17.3 Å². The molecule has 0 heterocycles. The van der Waals surface area contributed by atoms with Gasteiger partial charge < -0.3 is 5.11 Å². The Balaban J connectivity index is 1.92. The molecule has 3 aliphatic rings. The Morgan fingerprint density at radius 3 is 1.82 bits per heavy atom. The summed E-state index contributed by atoms with van der Waals surface area (Å²) >= 11 is 44.5. The van der Waals surface area contributed by atoms with Crippen LogP contribution in [0.5, 0.6) is 0 Å². The van der Waals surface area contributed by atoms with Crippen LogP contribution in [0.1, 0.15) is 13.3 Å². The highest BCUT2D eigenvalue weighted by Crippen LogP contribution is 2.76. The molecule has 0 spiro atoms. The van der Waals surface area contributed by atoms with Gasteiger partial charge in [-0.25, -0.2) is 0 Å². The van der Waals surface area contributed by atoms with Gasteiger partial charge in [-0.15, -0.1) is 23.2 Å². The highest BCUT2D eigenvalue weighted by molar-refractivity contribution is 9.25. The van der Waals surface area contributed by atoms with Crippen molar-refractivity contribution in [1.29, 1.82) is 0 Å². The molecule has 28 heavy (non-hydrogen) atoms. The summed E-state index contributed by atoms with van der Waals surface area (Å²) in [6.07, 6.45) is 0.462. The second kappa shape index (κ2) is 6.67. The average molecular weight is 643 g/mol. The summed E-state index contributed by atoms with van der Waals surface area (Å²) in [6, 6.07) is 0. The van der Waals surface area contributed by atoms with E-state index >= 15 is 0 Å². The number of aliphatic carboxylic acids is 1. The van der Waals surface area contributed by atoms with E-state index in [1.807, 2.05) is 0 Å². The predicted molar refractivity (Wildman–Crippen MR) is 115 cm³/mol. The molecule has 0 aromatic carbocycles. The molecule has 2 fully saturated rings. The summed E-state index contributed by atoms with van der Waals surface area (Å²) in [7, 11) is 0. The van der Waals surface area contributed by atoms with Crippen molar-refractivity contribution in [2.45, 2.75) is 30.7 Å². The average Bonchev–Trinajstić information content (AvgIpc) is 3.03. The quantitative estimate of drug-likeness (QED) is 0.318. The molecule has 0 radical (unpaired) electrons. The molecule has 3 N–H and O–H groups in total. The summed E-state index contributed by atoms with van der Waals surface area (Å²) in [6.45, 7) is 1.66. The van der Waals surface area contributed by atoms with Crippen LogP contribution >= 0.6 is 101 Å². The zero-order valence-electron chi connectivity index (χ0n) is 13.6. The van der Waals surface area contributed by atoms with Gasteiger partial charge >= 0.3 is 5.97 Å². The fourth-order valence-corrected chi connectivity index (χ4v) is 8.02. The second-order valence-corrected chi connectivity index (χ2v) is 14.1. The van der Waals surface area contributed by atoms with Gasteiger partial charge in [-0.05, 0) is 13.3 Å². The van der Waals surface area contributed by atoms with Crippen molar-refractivity contribution in [2.75, 3.05) is 0 Å². The van der Waals surface area contributed by atoms with Crippen LogP contribution < -0.4 is 10.9 Å². The standard InChI is InChI=1S/C14H10Br2Cl6N2O4/c1-10(2-11(10,15)16)9(28)24-23-7(25)3-4(8(26)27)13(20)6(18)5(17)12(3,19)14(13,21)22/h3-4H,2H2,1H3,(H,23,25)(H,24,28)(H,26,27)/t3-,4-,10-,12-,13-/m1/s1. The maximum atomic E-state index is 12.9. The van der Waals surface area contributed by atoms with Gasteiger partial charge in [0.15, 0.2) is 4.33 Å². The molecule has 0 saturated heterocycles. The zero-order chi connectivity index (χ0) is 21.7. The molecule has 2 bridgehead atoms. The van der Waals surface area contributed by atoms with Gasteiger partial charge in [-0.1, -0.05) is 78.3 Å². The minimum Gasteiger partial charge on any atom is -0.481 e. The summed E-state index contributed by atoms with van der Waals surface area (Å²) in [5, 5.41) is 9.02. The summed E-state index contributed by atoms with van der Waals surface area (Å²) in [4.78, 5) is 32.9. The minimum atomic E-state index is -2.21. The van der Waals surface area contributed by atoms with Crippen molar-refractivity contribution >= 4 is 119 Å². The number of amides is 2. The van der Waals surface area contributed by atoms with Crippen LogP contribution in [-0.2, 0) is 14.4 Å². The van der Waals surface area contributed by atoms with Crippen molar-refractivity contribution in [3.63, 3.8) is 0 Å². The van der Waals surface area contributed by atoms with Gasteiger partial charge in [0.25, 0.3) is 0 Å². The van der Waals surface area contributed by atoms with Crippen molar-refractivity contribution in [3.05, 3.63) is 10.1 Å². The summed E-state index contributed by atoms with van der Waals surface area (Å²) in [5.41, 5.74) is 3.58. The molecule has 3 aliphatic carbocycles. The van der Waals surface area contributed by atoms with Crippen molar-refractivity contribution in [1.82, 2.24) is 10.9 Å². The van der Waals surface area contributed by atoms with Gasteiger partial charge in [0.05, 0.1) is 30.5 Å². The summed E-state index contributed by atoms with van der Waals surface area (Å²) < 4.78 is -2.82. The Morgan fingerprint density at radius 1 is 1.00 bits per heavy atom. The number of hydrogen-bond acceptors (Lipinski definition) is 3. The second-order valence-electron chi connectivity index (χ2n) is 7.08. The first-order valence-corrected chi connectivity index (χ1v) is 11.4. The largest absolute Gasteiger partial charge is 0.481 e. The number of carbonyl (C=O) groups is 3. The van der Waals surface area contributed by atoms with E-state index in [0.29, 0.717) is 6.42 Å². The van der Waals surface area contributed by atoms with Crippen LogP contribution in [0.2, 0.25) is 0 Å². The van der Waals surface area contributed by atoms with Crippen LogP contribution in [0.15, 0.2) is 10.1 Å². The van der Waals surface area contributed by atoms with Gasteiger partial charge in [0, 0.05) is 0 Å². The van der Waals surface area contributed by atoms with Crippen LogP contribution in [0, 0.1) is 17.3 Å². The van der Waals surface area contributed by atoms with Gasteiger partial charge in [-0.2, -0.15) is 0 Å². The molecule has 156 valence electrons. The fraction of sp³-hybridized carbons (Fsp3) is 0.643. The Morgan fingerprint density at radius 2 is 1.43 bits per heavy atom. The fourth-order valence-electron chi connectivity index (χ4n) is 3.61. The minimum absolute atomic E-state index is 0.325. The third-order valence-corrected chi connectivity index (χ3v) is 12.1. The molecule has 3 rings (SSSR count). The van der Waals surface area contributed by atoms with Crippen LogP contribution in [-0.4, -0.2) is 40.2 Å². The highest BCUT2D eigenvalue weighted by Gasteiger charge is 2.85. The van der Waals surface area contributed by atoms with E-state index in [4.69, 9.17) is 69.6 Å². The molecule has 0 aliphatic heterocycles. The van der Waals surface area contributed by atoms with Crippen molar-refractivity contribution < 1.29 is 19.5 Å². The molecule has 6 nitrogen and oxygen atoms in total. The molecular weight excluding hydrogens is 633 g/mol. The Kier molecular flexibility index (Phi) is 5.60. The molecule has 14 heteroatoms. The van der Waals surface area contributed by atoms with E-state index in [0.717, 1.165) is 0 Å². The van der Waals surface area contributed by atoms with Gasteiger partial charge in [-0.3, -0.25) is 25.2 Å². The van der Waals surface area contributed by atoms with E-state index < -0.39 is 52.3 Å². The monoisotopic (exact) mass is 638 g/mol. The number of fused-ring (bicyclic) bond motifs is 2. The maximum Gasteiger partial charge on any atom is 0.309 e. The number of halogens is 8. The van der Waals surface area contributed by atoms with E-state index in [-0.39, 0.29) is 10.1 Å². The zero-order valence-corrected chi connectivity index (χ0v) is 21.3. The van der Waals surface area contributed by atoms with Crippen LogP contribution in [0.25, 0.3) is 0 Å². The number of hydrogen-bond donors (Lipinski definition) is 3. The van der Waals surface area contributed by atoms with E-state index in [1.165, 1.54) is 0 Å². The van der Waals surface area contributed by atoms with Crippen LogP contribution in [0.4, 0.5) is 0 Å². The Labute approximate surface area is 206 Å². The SMILES string of the molecule is C[C@]1(C(=O)NNC(=O)[C@H]2[C@H](C(=O)O)[C@@]3(Cl)C(Cl)=C(Cl)[C@@]2(Cl)C3(Cl)Cl)CC1(Br)Br. The lowest BCUT2D eigenvalue weighted by molar-refractivity contribution is -0.147. The number of rotatable bonds is 3. The lowest BCUT2D eigenvalue weighted by atomic mass is 9.81. The lowest BCUT2D eigenvalue weighted by Gasteiger charge is -2.33. The van der Waals surface area contributed by atoms with Crippen molar-refractivity contribution in [3.8, 4) is 0 Å². The van der Waals surface area contributed by atoms with Gasteiger partial charge in [0.1, 0.15) is 9.75 Å². The number of alkyl halides is 6. The van der Waals surface area contributed by atoms with E-state index in [9.17, 15) is 19.5 Å². The molecule has 2 saturated carbocycles. The maximum absolute atomic E-state index is 12.9. The van der Waals surface area contributed by atoms with E-state index in [2.05, 4.69) is 42.7 Å². The number of nitrogens with one attached hydrogen (secondary N) is 2. The van der Waals surface area contributed by atoms with Crippen LogP contribution in [0.3, 0.4) is 0 Å². The Bertz CT molecular complexity index is 854.